The Labute approximate surface area is 230 Å². The second-order valence-electron chi connectivity index (χ2n) is 9.89. The first kappa shape index (κ1) is 26.1. The van der Waals surface area contributed by atoms with Gasteiger partial charge in [-0.3, -0.25) is 9.80 Å². The van der Waals surface area contributed by atoms with Gasteiger partial charge in [0.2, 0.25) is 5.95 Å². The molecule has 4 heterocycles. The van der Waals surface area contributed by atoms with Crippen molar-refractivity contribution < 1.29 is 13.5 Å². The van der Waals surface area contributed by atoms with Crippen LogP contribution in [0.2, 0.25) is 5.02 Å². The number of aromatic nitrogens is 3. The van der Waals surface area contributed by atoms with Gasteiger partial charge in [-0.25, -0.2) is 13.8 Å². The van der Waals surface area contributed by atoms with E-state index in [-0.39, 0.29) is 12.1 Å². The van der Waals surface area contributed by atoms with Crippen LogP contribution in [0.25, 0.3) is 16.7 Å². The normalized spacial score (nSPS) is 17.1. The highest BCUT2D eigenvalue weighted by Gasteiger charge is 2.19. The molecule has 11 heteroatoms. The van der Waals surface area contributed by atoms with Crippen molar-refractivity contribution in [3.8, 4) is 5.69 Å². The van der Waals surface area contributed by atoms with Gasteiger partial charge in [0.1, 0.15) is 17.3 Å². The first-order chi connectivity index (χ1) is 19.0. The molecule has 0 spiro atoms. The zero-order chi connectivity index (χ0) is 26.8. The predicted molar refractivity (Wildman–Crippen MR) is 148 cm³/mol. The van der Waals surface area contributed by atoms with Gasteiger partial charge >= 0.3 is 0 Å². The SMILES string of the molecule is Fc1cc(-n2ccc3cnc(Nc4ccc(Cl)c(CN5CCNCC5)c4)nc32)cc(F)c1CN1CCOCC1. The minimum Gasteiger partial charge on any atom is -0.379 e. The largest absolute Gasteiger partial charge is 0.379 e. The summed E-state index contributed by atoms with van der Waals surface area (Å²) in [7, 11) is 0. The number of hydrogen-bond donors (Lipinski definition) is 2. The average molecular weight is 554 g/mol. The molecule has 2 fully saturated rings. The Morgan fingerprint density at radius 1 is 0.949 bits per heavy atom. The molecule has 0 radical (unpaired) electrons. The summed E-state index contributed by atoms with van der Waals surface area (Å²) in [5, 5.41) is 8.09. The minimum atomic E-state index is -0.580. The topological polar surface area (TPSA) is 70.5 Å². The standard InChI is InChI=1S/C28H30ClF2N7O/c29-24-2-1-21(13-20(24)17-36-7-4-32-5-8-36)34-28-33-16-19-3-6-38(27(19)35-28)22-14-25(30)23(26(31)15-22)18-37-9-11-39-12-10-37/h1-3,6,13-16,32H,4-5,7-12,17-18H2,(H,33,34,35). The number of fused-ring (bicyclic) bond motifs is 1. The van der Waals surface area contributed by atoms with E-state index in [1.807, 2.05) is 29.2 Å². The van der Waals surface area contributed by atoms with Crippen LogP contribution in [-0.4, -0.2) is 76.8 Å². The van der Waals surface area contributed by atoms with Crippen molar-refractivity contribution in [2.45, 2.75) is 13.1 Å². The van der Waals surface area contributed by atoms with Crippen molar-refractivity contribution in [2.75, 3.05) is 57.8 Å². The first-order valence-corrected chi connectivity index (χ1v) is 13.5. The molecule has 6 rings (SSSR count). The van der Waals surface area contributed by atoms with E-state index >= 15 is 8.78 Å². The Bertz CT molecular complexity index is 1440. The highest BCUT2D eigenvalue weighted by Crippen LogP contribution is 2.27. The molecule has 2 aromatic heterocycles. The zero-order valence-electron chi connectivity index (χ0n) is 21.5. The molecule has 0 amide bonds. The Morgan fingerprint density at radius 3 is 2.46 bits per heavy atom. The molecule has 0 saturated carbocycles. The number of ether oxygens (including phenoxy) is 1. The number of nitrogens with zero attached hydrogens (tertiary/aromatic N) is 5. The van der Waals surface area contributed by atoms with E-state index in [2.05, 4.69) is 25.5 Å². The quantitative estimate of drug-likeness (QED) is 0.353. The van der Waals surface area contributed by atoms with Crippen molar-refractivity contribution in [1.29, 1.82) is 0 Å². The number of piperazine rings is 1. The molecule has 0 atom stereocenters. The fourth-order valence-electron chi connectivity index (χ4n) is 5.06. The highest BCUT2D eigenvalue weighted by molar-refractivity contribution is 6.31. The van der Waals surface area contributed by atoms with E-state index in [0.29, 0.717) is 48.6 Å². The molecule has 8 nitrogen and oxygen atoms in total. The average Bonchev–Trinajstić information content (AvgIpc) is 3.37. The Kier molecular flexibility index (Phi) is 7.71. The van der Waals surface area contributed by atoms with Gasteiger partial charge in [0.05, 0.1) is 18.9 Å². The van der Waals surface area contributed by atoms with E-state index < -0.39 is 11.6 Å². The van der Waals surface area contributed by atoms with Crippen molar-refractivity contribution >= 4 is 34.3 Å². The molecule has 39 heavy (non-hydrogen) atoms. The lowest BCUT2D eigenvalue weighted by atomic mass is 10.1. The predicted octanol–water partition coefficient (Wildman–Crippen LogP) is 4.33. The number of nitrogens with one attached hydrogen (secondary N) is 2. The molecule has 2 aromatic carbocycles. The second-order valence-corrected chi connectivity index (χ2v) is 10.3. The van der Waals surface area contributed by atoms with Crippen molar-refractivity contribution in [3.63, 3.8) is 0 Å². The van der Waals surface area contributed by atoms with Crippen LogP contribution in [0.1, 0.15) is 11.1 Å². The van der Waals surface area contributed by atoms with Crippen LogP contribution < -0.4 is 10.6 Å². The molecular formula is C28H30ClF2N7O. The molecule has 2 saturated heterocycles. The first-order valence-electron chi connectivity index (χ1n) is 13.1. The molecule has 0 unspecified atom stereocenters. The molecule has 4 aromatic rings. The summed E-state index contributed by atoms with van der Waals surface area (Å²) in [5.41, 5.74) is 2.80. The smallest absolute Gasteiger partial charge is 0.229 e. The summed E-state index contributed by atoms with van der Waals surface area (Å²) in [6.45, 7) is 7.29. The van der Waals surface area contributed by atoms with E-state index in [4.69, 9.17) is 16.3 Å². The van der Waals surface area contributed by atoms with Crippen molar-refractivity contribution in [3.05, 3.63) is 76.6 Å². The van der Waals surface area contributed by atoms with Gasteiger partial charge in [-0.05, 0) is 42.0 Å². The van der Waals surface area contributed by atoms with Crippen LogP contribution in [0.3, 0.4) is 0 Å². The van der Waals surface area contributed by atoms with Crippen molar-refractivity contribution in [1.82, 2.24) is 29.7 Å². The number of benzene rings is 2. The Balaban J connectivity index is 1.24. The number of morpholine rings is 1. The fraction of sp³-hybridized carbons (Fsp3) is 0.357. The van der Waals surface area contributed by atoms with E-state index in [9.17, 15) is 0 Å². The fourth-order valence-corrected chi connectivity index (χ4v) is 5.24. The molecule has 0 aliphatic carbocycles. The maximum absolute atomic E-state index is 15.1. The number of halogens is 3. The number of anilines is 2. The lowest BCUT2D eigenvalue weighted by Gasteiger charge is -2.27. The maximum atomic E-state index is 15.1. The van der Waals surface area contributed by atoms with Crippen molar-refractivity contribution in [2.24, 2.45) is 0 Å². The second kappa shape index (κ2) is 11.5. The van der Waals surface area contributed by atoms with Crippen LogP contribution >= 0.6 is 11.6 Å². The van der Waals surface area contributed by atoms with Gasteiger partial charge in [0.25, 0.3) is 0 Å². The molecule has 204 valence electrons. The summed E-state index contributed by atoms with van der Waals surface area (Å²) in [6, 6.07) is 10.3. The highest BCUT2D eigenvalue weighted by atomic mass is 35.5. The summed E-state index contributed by atoms with van der Waals surface area (Å²) in [5.74, 6) is -0.782. The van der Waals surface area contributed by atoms with Gasteiger partial charge in [-0.2, -0.15) is 4.98 Å². The third-order valence-electron chi connectivity index (χ3n) is 7.22. The number of rotatable bonds is 7. The van der Waals surface area contributed by atoms with Gasteiger partial charge in [-0.1, -0.05) is 11.6 Å². The number of hydrogen-bond acceptors (Lipinski definition) is 7. The lowest BCUT2D eigenvalue weighted by Crippen LogP contribution is -2.42. The maximum Gasteiger partial charge on any atom is 0.229 e. The minimum absolute atomic E-state index is 0.0634. The van der Waals surface area contributed by atoms with E-state index in [1.54, 1.807) is 17.0 Å². The summed E-state index contributed by atoms with van der Waals surface area (Å²) in [4.78, 5) is 13.5. The van der Waals surface area contributed by atoms with Gasteiger partial charge in [0, 0.05) is 86.4 Å². The molecule has 2 aliphatic heterocycles. The van der Waals surface area contributed by atoms with Crippen LogP contribution in [0.15, 0.2) is 48.8 Å². The van der Waals surface area contributed by atoms with Gasteiger partial charge in [-0.15, -0.1) is 0 Å². The zero-order valence-corrected chi connectivity index (χ0v) is 22.2. The van der Waals surface area contributed by atoms with Crippen LogP contribution in [-0.2, 0) is 17.8 Å². The van der Waals surface area contributed by atoms with E-state index in [1.165, 1.54) is 12.1 Å². The van der Waals surface area contributed by atoms with Crippen LogP contribution in [0.4, 0.5) is 20.4 Å². The lowest BCUT2D eigenvalue weighted by molar-refractivity contribution is 0.0332. The Hall–Kier alpha value is -3.15. The molecular weight excluding hydrogens is 524 g/mol. The summed E-state index contributed by atoms with van der Waals surface area (Å²) < 4.78 is 37.2. The molecule has 2 N–H and O–H groups in total. The third-order valence-corrected chi connectivity index (χ3v) is 7.59. The third kappa shape index (κ3) is 5.90. The monoisotopic (exact) mass is 553 g/mol. The summed E-state index contributed by atoms with van der Waals surface area (Å²) in [6.07, 6.45) is 3.44. The van der Waals surface area contributed by atoms with Crippen LogP contribution in [0, 0.1) is 11.6 Å². The molecule has 0 bridgehead atoms. The van der Waals surface area contributed by atoms with E-state index in [0.717, 1.165) is 49.4 Å². The van der Waals surface area contributed by atoms with Gasteiger partial charge < -0.3 is 19.9 Å². The van der Waals surface area contributed by atoms with Crippen LogP contribution in [0.5, 0.6) is 0 Å². The Morgan fingerprint density at radius 2 is 1.69 bits per heavy atom. The molecule has 2 aliphatic rings. The summed E-state index contributed by atoms with van der Waals surface area (Å²) >= 11 is 6.49. The van der Waals surface area contributed by atoms with Gasteiger partial charge in [0.15, 0.2) is 0 Å².